The Morgan fingerprint density at radius 3 is 2.75 bits per heavy atom. The normalized spacial score (nSPS) is 10.2. The van der Waals surface area contributed by atoms with Gasteiger partial charge in [0, 0.05) is 25.4 Å². The Bertz CT molecular complexity index is 658. The molecule has 7 nitrogen and oxygen atoms in total. The topological polar surface area (TPSA) is 90.2 Å². The molecule has 0 fully saturated rings. The predicted molar refractivity (Wildman–Crippen MR) is 74.2 cm³/mol. The summed E-state index contributed by atoms with van der Waals surface area (Å²) in [6, 6.07) is 4.84. The quantitative estimate of drug-likeness (QED) is 0.681. The van der Waals surface area contributed by atoms with Gasteiger partial charge in [-0.05, 0) is 25.0 Å². The highest BCUT2D eigenvalue weighted by Gasteiger charge is 2.19. The van der Waals surface area contributed by atoms with Crippen molar-refractivity contribution in [2.45, 2.75) is 13.8 Å². The molecule has 0 aliphatic carbocycles. The summed E-state index contributed by atoms with van der Waals surface area (Å²) in [5, 5.41) is 13.9. The summed E-state index contributed by atoms with van der Waals surface area (Å²) in [4.78, 5) is 18.7. The van der Waals surface area contributed by atoms with Crippen LogP contribution in [-0.2, 0) is 0 Å². The minimum Gasteiger partial charge on any atom is -0.431 e. The molecule has 0 saturated carbocycles. The van der Waals surface area contributed by atoms with Gasteiger partial charge in [0.25, 0.3) is 0 Å². The van der Waals surface area contributed by atoms with Crippen LogP contribution in [0.15, 0.2) is 24.4 Å². The number of aromatic nitrogens is 2. The maximum Gasteiger partial charge on any atom is 0.312 e. The van der Waals surface area contributed by atoms with E-state index in [4.69, 9.17) is 4.74 Å². The van der Waals surface area contributed by atoms with E-state index in [1.54, 1.807) is 27.0 Å². The molecule has 104 valence electrons. The van der Waals surface area contributed by atoms with Crippen LogP contribution in [-0.4, -0.2) is 21.9 Å². The summed E-state index contributed by atoms with van der Waals surface area (Å²) in [5.74, 6) is 0.829. The number of hydrogen-bond donors (Lipinski definition) is 1. The number of aryl methyl sites for hydroxylation is 2. The predicted octanol–water partition coefficient (Wildman–Crippen LogP) is 2.84. The first kappa shape index (κ1) is 13.7. The van der Waals surface area contributed by atoms with E-state index in [0.717, 1.165) is 5.56 Å². The third kappa shape index (κ3) is 2.82. The van der Waals surface area contributed by atoms with Crippen LogP contribution in [0.3, 0.4) is 0 Å². The fourth-order valence-electron chi connectivity index (χ4n) is 1.82. The molecule has 0 amide bonds. The summed E-state index contributed by atoms with van der Waals surface area (Å²) < 4.78 is 5.57. The number of ether oxygens (including phenoxy) is 1. The Balaban J connectivity index is 2.44. The maximum atomic E-state index is 11.1. The third-order valence-corrected chi connectivity index (χ3v) is 2.66. The van der Waals surface area contributed by atoms with E-state index in [0.29, 0.717) is 11.5 Å². The Hall–Kier alpha value is -2.70. The van der Waals surface area contributed by atoms with Crippen LogP contribution < -0.4 is 10.1 Å². The molecule has 0 unspecified atom stereocenters. The van der Waals surface area contributed by atoms with Crippen LogP contribution in [0.5, 0.6) is 11.6 Å². The van der Waals surface area contributed by atoms with Crippen LogP contribution >= 0.6 is 0 Å². The molecule has 2 rings (SSSR count). The number of nitrogens with one attached hydrogen (secondary N) is 1. The Kier molecular flexibility index (Phi) is 3.79. The van der Waals surface area contributed by atoms with Crippen LogP contribution in [0, 0.1) is 24.0 Å². The van der Waals surface area contributed by atoms with Crippen LogP contribution in [0.25, 0.3) is 0 Å². The highest BCUT2D eigenvalue weighted by molar-refractivity contribution is 5.54. The molecule has 0 saturated heterocycles. The van der Waals surface area contributed by atoms with Crippen LogP contribution in [0.2, 0.25) is 0 Å². The molecule has 0 aliphatic heterocycles. The fourth-order valence-corrected chi connectivity index (χ4v) is 1.82. The molecule has 1 aromatic carbocycles. The monoisotopic (exact) mass is 274 g/mol. The summed E-state index contributed by atoms with van der Waals surface area (Å²) >= 11 is 0. The van der Waals surface area contributed by atoms with E-state index < -0.39 is 4.92 Å². The lowest BCUT2D eigenvalue weighted by molar-refractivity contribution is -0.385. The molecule has 1 aromatic heterocycles. The molecule has 2 aromatic rings. The van der Waals surface area contributed by atoms with Gasteiger partial charge < -0.3 is 10.1 Å². The van der Waals surface area contributed by atoms with E-state index in [2.05, 4.69) is 15.3 Å². The second-order valence-corrected chi connectivity index (χ2v) is 4.26. The molecular formula is C13H14N4O3. The van der Waals surface area contributed by atoms with E-state index in [1.807, 2.05) is 6.07 Å². The molecule has 20 heavy (non-hydrogen) atoms. The largest absolute Gasteiger partial charge is 0.431 e. The van der Waals surface area contributed by atoms with Crippen molar-refractivity contribution in [2.24, 2.45) is 0 Å². The molecule has 0 radical (unpaired) electrons. The van der Waals surface area contributed by atoms with Crippen molar-refractivity contribution in [2.75, 3.05) is 12.4 Å². The lowest BCUT2D eigenvalue weighted by Crippen LogP contribution is -2.00. The standard InChI is InChI=1S/C13H14N4O3/c1-8-6-9(2)12(10(7-8)17(18)19)20-11-4-5-15-13(14-3)16-11/h4-7H,1-3H3,(H,14,15,16). The van der Waals surface area contributed by atoms with Gasteiger partial charge in [0.15, 0.2) is 0 Å². The highest BCUT2D eigenvalue weighted by atomic mass is 16.6. The Morgan fingerprint density at radius 2 is 2.10 bits per heavy atom. The average Bonchev–Trinajstić information content (AvgIpc) is 2.41. The van der Waals surface area contributed by atoms with E-state index in [9.17, 15) is 10.1 Å². The van der Waals surface area contributed by atoms with Crippen molar-refractivity contribution in [3.05, 3.63) is 45.6 Å². The van der Waals surface area contributed by atoms with Crippen molar-refractivity contribution >= 4 is 11.6 Å². The van der Waals surface area contributed by atoms with E-state index in [1.165, 1.54) is 12.3 Å². The van der Waals surface area contributed by atoms with Gasteiger partial charge in [-0.2, -0.15) is 4.98 Å². The number of benzene rings is 1. The highest BCUT2D eigenvalue weighted by Crippen LogP contribution is 2.35. The molecule has 0 bridgehead atoms. The maximum absolute atomic E-state index is 11.1. The van der Waals surface area contributed by atoms with Gasteiger partial charge in [0.05, 0.1) is 4.92 Å². The lowest BCUT2D eigenvalue weighted by Gasteiger charge is -2.09. The summed E-state index contributed by atoms with van der Waals surface area (Å²) in [6.07, 6.45) is 1.52. The first-order chi connectivity index (χ1) is 9.51. The van der Waals surface area contributed by atoms with Gasteiger partial charge in [-0.15, -0.1) is 0 Å². The Labute approximate surface area is 115 Å². The first-order valence-corrected chi connectivity index (χ1v) is 5.95. The second-order valence-electron chi connectivity index (χ2n) is 4.26. The second kappa shape index (κ2) is 5.52. The number of hydrogen-bond acceptors (Lipinski definition) is 6. The number of nitro groups is 1. The van der Waals surface area contributed by atoms with Crippen LogP contribution in [0.1, 0.15) is 11.1 Å². The van der Waals surface area contributed by atoms with Gasteiger partial charge in [0.2, 0.25) is 17.6 Å². The molecule has 7 heteroatoms. The zero-order chi connectivity index (χ0) is 14.7. The molecule has 0 spiro atoms. The molecule has 0 atom stereocenters. The lowest BCUT2D eigenvalue weighted by atomic mass is 10.1. The molecule has 0 aliphatic rings. The molecule has 1 N–H and O–H groups in total. The first-order valence-electron chi connectivity index (χ1n) is 5.95. The average molecular weight is 274 g/mol. The zero-order valence-electron chi connectivity index (χ0n) is 11.4. The molecule has 1 heterocycles. The van der Waals surface area contributed by atoms with Crippen molar-refractivity contribution < 1.29 is 9.66 Å². The minimum absolute atomic E-state index is 0.0767. The van der Waals surface area contributed by atoms with Gasteiger partial charge in [-0.3, -0.25) is 10.1 Å². The molecular weight excluding hydrogens is 260 g/mol. The van der Waals surface area contributed by atoms with Crippen molar-refractivity contribution in [1.82, 2.24) is 9.97 Å². The summed E-state index contributed by atoms with van der Waals surface area (Å²) in [7, 11) is 1.68. The number of rotatable bonds is 4. The summed E-state index contributed by atoms with van der Waals surface area (Å²) in [6.45, 7) is 3.56. The van der Waals surface area contributed by atoms with Crippen molar-refractivity contribution in [1.29, 1.82) is 0 Å². The van der Waals surface area contributed by atoms with Gasteiger partial charge in [0.1, 0.15) is 0 Å². The summed E-state index contributed by atoms with van der Waals surface area (Å²) in [5.41, 5.74) is 1.41. The van der Waals surface area contributed by atoms with Gasteiger partial charge in [-0.25, -0.2) is 4.98 Å². The zero-order valence-corrected chi connectivity index (χ0v) is 11.4. The number of anilines is 1. The SMILES string of the molecule is CNc1nccc(Oc2c(C)cc(C)cc2[N+](=O)[O-])n1. The van der Waals surface area contributed by atoms with Crippen molar-refractivity contribution in [3.8, 4) is 11.6 Å². The third-order valence-electron chi connectivity index (χ3n) is 2.66. The van der Waals surface area contributed by atoms with Gasteiger partial charge in [-0.1, -0.05) is 6.07 Å². The van der Waals surface area contributed by atoms with E-state index >= 15 is 0 Å². The Morgan fingerprint density at radius 1 is 1.35 bits per heavy atom. The number of nitrogens with zero attached hydrogens (tertiary/aromatic N) is 3. The fraction of sp³-hybridized carbons (Fsp3) is 0.231. The van der Waals surface area contributed by atoms with Crippen LogP contribution in [0.4, 0.5) is 11.6 Å². The minimum atomic E-state index is -0.463. The van der Waals surface area contributed by atoms with Crippen molar-refractivity contribution in [3.63, 3.8) is 0 Å². The number of nitro benzene ring substituents is 1. The van der Waals surface area contributed by atoms with E-state index in [-0.39, 0.29) is 17.3 Å². The smallest absolute Gasteiger partial charge is 0.312 e. The van der Waals surface area contributed by atoms with Gasteiger partial charge >= 0.3 is 5.69 Å².